The topological polar surface area (TPSA) is 127 Å². The maximum absolute atomic E-state index is 15.1. The van der Waals surface area contributed by atoms with Gasteiger partial charge in [-0.1, -0.05) is 19.1 Å². The van der Waals surface area contributed by atoms with Gasteiger partial charge in [-0.2, -0.15) is 5.10 Å². The van der Waals surface area contributed by atoms with Crippen LogP contribution in [0.5, 0.6) is 0 Å². The molecule has 11 rings (SSSR count). The highest BCUT2D eigenvalue weighted by Gasteiger charge is 2.70. The van der Waals surface area contributed by atoms with Gasteiger partial charge in [-0.05, 0) is 106 Å². The quantitative estimate of drug-likeness (QED) is 0.257. The fourth-order valence-electron chi connectivity index (χ4n) is 11.1. The molecule has 5 fully saturated rings. The molecule has 1 spiro atoms. The highest BCUT2D eigenvalue weighted by Crippen LogP contribution is 2.68. The zero-order valence-corrected chi connectivity index (χ0v) is 31.5. The van der Waals surface area contributed by atoms with Crippen LogP contribution in [0.2, 0.25) is 0 Å². The minimum atomic E-state index is -2.70. The Morgan fingerprint density at radius 3 is 2.51 bits per heavy atom. The van der Waals surface area contributed by atoms with E-state index < -0.39 is 17.3 Å². The van der Waals surface area contributed by atoms with E-state index in [0.717, 1.165) is 123 Å². The molecule has 13 heteroatoms. The molecule has 4 saturated heterocycles. The van der Waals surface area contributed by atoms with Crippen molar-refractivity contribution in [1.29, 1.82) is 0 Å². The summed E-state index contributed by atoms with van der Waals surface area (Å²) in [6.45, 7) is 7.29. The molecule has 55 heavy (non-hydrogen) atoms. The van der Waals surface area contributed by atoms with E-state index in [4.69, 9.17) is 0 Å². The second kappa shape index (κ2) is 12.8. The Labute approximate surface area is 320 Å². The summed E-state index contributed by atoms with van der Waals surface area (Å²) in [4.78, 5) is 49.4. The van der Waals surface area contributed by atoms with Crippen LogP contribution in [0.4, 0.5) is 26.0 Å². The molecular weight excluding hydrogens is 703 g/mol. The Hall–Kier alpha value is -4.39. The third kappa shape index (κ3) is 5.69. The van der Waals surface area contributed by atoms with Crippen LogP contribution in [-0.4, -0.2) is 83.0 Å². The molecule has 11 nitrogen and oxygen atoms in total. The van der Waals surface area contributed by atoms with Gasteiger partial charge in [0.25, 0.3) is 5.92 Å². The number of pyridine rings is 1. The second-order valence-electron chi connectivity index (χ2n) is 17.9. The second-order valence-corrected chi connectivity index (χ2v) is 17.9. The Bertz CT molecular complexity index is 2040. The van der Waals surface area contributed by atoms with E-state index in [-0.39, 0.29) is 35.1 Å². The van der Waals surface area contributed by atoms with E-state index >= 15 is 8.78 Å². The van der Waals surface area contributed by atoms with Crippen LogP contribution in [0.1, 0.15) is 111 Å². The summed E-state index contributed by atoms with van der Waals surface area (Å²) in [5, 5.41) is 13.7. The number of anilines is 3. The lowest BCUT2D eigenvalue weighted by Gasteiger charge is -2.56. The number of hydrogen-bond donors (Lipinski definition) is 3. The zero-order chi connectivity index (χ0) is 37.7. The monoisotopic (exact) mass is 752 g/mol. The molecule has 5 aliphatic heterocycles. The molecule has 4 unspecified atom stereocenters. The van der Waals surface area contributed by atoms with Gasteiger partial charge in [0.15, 0.2) is 0 Å². The number of carbonyl (C=O) groups is 3. The number of likely N-dealkylation sites (tertiary alicyclic amines) is 1. The van der Waals surface area contributed by atoms with E-state index in [9.17, 15) is 14.4 Å². The molecule has 1 saturated carbocycles. The first-order valence-corrected chi connectivity index (χ1v) is 20.4. The third-order valence-electron chi connectivity index (χ3n) is 14.7. The molecule has 2 aromatic heterocycles. The fraction of sp³-hybridized carbons (Fsp3) is 0.595. The van der Waals surface area contributed by atoms with Crippen molar-refractivity contribution in [2.24, 2.45) is 16.7 Å². The van der Waals surface area contributed by atoms with Crippen LogP contribution in [-0.2, 0) is 27.2 Å². The van der Waals surface area contributed by atoms with Crippen molar-refractivity contribution in [3.8, 4) is 0 Å². The van der Waals surface area contributed by atoms with Crippen molar-refractivity contribution < 1.29 is 23.2 Å². The van der Waals surface area contributed by atoms with Gasteiger partial charge in [-0.3, -0.25) is 24.8 Å². The van der Waals surface area contributed by atoms with E-state index in [1.165, 1.54) is 0 Å². The average Bonchev–Trinajstić information content (AvgIpc) is 3.90. The number of alkyl halides is 2. The first-order chi connectivity index (χ1) is 26.5. The number of hydrogen-bond acceptors (Lipinski definition) is 8. The van der Waals surface area contributed by atoms with Crippen LogP contribution in [0.3, 0.4) is 0 Å². The van der Waals surface area contributed by atoms with Gasteiger partial charge in [0.05, 0.1) is 29.0 Å². The summed E-state index contributed by atoms with van der Waals surface area (Å²) >= 11 is 0. The first kappa shape index (κ1) is 35.1. The summed E-state index contributed by atoms with van der Waals surface area (Å²) in [5.74, 6) is -2.35. The zero-order valence-electron chi connectivity index (χ0n) is 31.5. The van der Waals surface area contributed by atoms with Crippen molar-refractivity contribution in [3.63, 3.8) is 0 Å². The van der Waals surface area contributed by atoms with Gasteiger partial charge in [-0.15, -0.1) is 0 Å². The first-order valence-electron chi connectivity index (χ1n) is 20.4. The normalized spacial score (nSPS) is 29.9. The van der Waals surface area contributed by atoms with Crippen LogP contribution >= 0.6 is 0 Å². The number of halogens is 2. The van der Waals surface area contributed by atoms with E-state index in [2.05, 4.69) is 53.8 Å². The summed E-state index contributed by atoms with van der Waals surface area (Å²) in [5.41, 5.74) is 4.91. The van der Waals surface area contributed by atoms with Gasteiger partial charge in [0.2, 0.25) is 17.7 Å². The Morgan fingerprint density at radius 2 is 1.76 bits per heavy atom. The average molecular weight is 753 g/mol. The molecule has 3 aromatic rings. The largest absolute Gasteiger partial charge is 0.376 e. The number of nitrogens with zero attached hydrogens (tertiary/aromatic N) is 5. The van der Waals surface area contributed by atoms with Crippen LogP contribution in [0.25, 0.3) is 0 Å². The van der Waals surface area contributed by atoms with Crippen molar-refractivity contribution >= 4 is 34.9 Å². The highest BCUT2D eigenvalue weighted by molar-refractivity contribution is 6.01. The molecule has 8 aliphatic rings. The number of fused-ring (bicyclic) bond motifs is 1. The molecule has 3 amide bonds. The summed E-state index contributed by atoms with van der Waals surface area (Å²) in [6.07, 6.45) is 10.3. The molecular formula is C42H50F2N8O3. The molecule has 0 radical (unpaired) electrons. The van der Waals surface area contributed by atoms with E-state index in [1.54, 1.807) is 13.1 Å². The number of amides is 3. The standard InChI is InChI=1S/C42H50F2N8O3/c1-40-22-30(42(40,43)44)36-33(23-40)48-49-37(36)32-20-26-2-4-28(21-31(26)46-32)52-19-13-41(39(52)55)11-17-50(18-12-41)14-8-25-9-15-51(16-10-25)34-6-3-27(24-45-34)29-5-7-35(53)47-38(29)54/h2-4,6,21,24-25,29-30,32,46H,5,7-20,22-23H2,1H3,(H,48,49)(H,47,53,54). The Balaban J connectivity index is 0.698. The molecule has 3 N–H and O–H groups in total. The Morgan fingerprint density at radius 1 is 0.964 bits per heavy atom. The number of imide groups is 1. The van der Waals surface area contributed by atoms with Crippen LogP contribution in [0, 0.1) is 16.7 Å². The minimum absolute atomic E-state index is 0.161. The fourth-order valence-corrected chi connectivity index (χ4v) is 11.1. The molecule has 7 heterocycles. The molecule has 1 aromatic carbocycles. The SMILES string of the molecule is CC12Cc3[nH]nc(C4Cc5ccc(N6CCC7(CCN(CCC8CCN(c9ccc(C%10CCC(=O)NC%10=O)cn9)CC8)CC7)C6=O)cc5N4)c3C(C1)C2(F)F. The summed E-state index contributed by atoms with van der Waals surface area (Å²) in [6, 6.07) is 10.0. The number of rotatable bonds is 7. The lowest BCUT2D eigenvalue weighted by Crippen LogP contribution is -2.59. The van der Waals surface area contributed by atoms with Crippen LogP contribution in [0.15, 0.2) is 36.5 Å². The van der Waals surface area contributed by atoms with Crippen molar-refractivity contribution in [2.75, 3.05) is 54.4 Å². The van der Waals surface area contributed by atoms with Crippen LogP contribution < -0.4 is 20.4 Å². The molecule has 2 bridgehead atoms. The maximum Gasteiger partial charge on any atom is 0.260 e. The number of H-pyrrole nitrogens is 1. The predicted octanol–water partition coefficient (Wildman–Crippen LogP) is 5.84. The number of benzene rings is 1. The molecule has 4 atom stereocenters. The van der Waals surface area contributed by atoms with E-state index in [1.807, 2.05) is 17.0 Å². The number of aromatic nitrogens is 3. The number of piperidine rings is 3. The summed E-state index contributed by atoms with van der Waals surface area (Å²) < 4.78 is 30.1. The van der Waals surface area contributed by atoms with Gasteiger partial charge in [0.1, 0.15) is 5.82 Å². The predicted molar refractivity (Wildman–Crippen MR) is 203 cm³/mol. The number of carbonyl (C=O) groups excluding carboxylic acids is 3. The number of aromatic amines is 1. The van der Waals surface area contributed by atoms with E-state index in [0.29, 0.717) is 38.0 Å². The van der Waals surface area contributed by atoms with Crippen molar-refractivity contribution in [1.82, 2.24) is 25.4 Å². The third-order valence-corrected chi connectivity index (χ3v) is 14.7. The molecule has 290 valence electrons. The summed E-state index contributed by atoms with van der Waals surface area (Å²) in [7, 11) is 0. The lowest BCUT2D eigenvalue weighted by molar-refractivity contribution is -0.221. The lowest BCUT2D eigenvalue weighted by atomic mass is 9.51. The molecule has 3 aliphatic carbocycles. The van der Waals surface area contributed by atoms with Crippen molar-refractivity contribution in [2.45, 2.75) is 101 Å². The van der Waals surface area contributed by atoms with Gasteiger partial charge in [0, 0.05) is 73.1 Å². The minimum Gasteiger partial charge on any atom is -0.376 e. The maximum atomic E-state index is 15.1. The highest BCUT2D eigenvalue weighted by atomic mass is 19.3. The van der Waals surface area contributed by atoms with Gasteiger partial charge in [-0.25, -0.2) is 13.8 Å². The Kier molecular flexibility index (Phi) is 8.17. The van der Waals surface area contributed by atoms with Gasteiger partial charge < -0.3 is 20.0 Å². The van der Waals surface area contributed by atoms with Gasteiger partial charge >= 0.3 is 0 Å². The number of nitrogens with one attached hydrogen (secondary N) is 3. The smallest absolute Gasteiger partial charge is 0.260 e. The van der Waals surface area contributed by atoms with Crippen molar-refractivity contribution in [3.05, 3.63) is 64.6 Å².